The molecule has 0 spiro atoms. The molecule has 0 unspecified atom stereocenters. The van der Waals surface area contributed by atoms with E-state index in [9.17, 15) is 13.2 Å². The molecule has 27 heavy (non-hydrogen) atoms. The number of rotatable bonds is 6. The van der Waals surface area contributed by atoms with E-state index in [1.165, 1.54) is 31.5 Å². The molecule has 9 nitrogen and oxygen atoms in total. The Balaban J connectivity index is 1.46. The summed E-state index contributed by atoms with van der Waals surface area (Å²) in [4.78, 5) is 14.0. The summed E-state index contributed by atoms with van der Waals surface area (Å²) in [6.45, 7) is 1.18. The Morgan fingerprint density at radius 3 is 2.81 bits per heavy atom. The van der Waals surface area contributed by atoms with Gasteiger partial charge >= 0.3 is 0 Å². The van der Waals surface area contributed by atoms with Crippen molar-refractivity contribution < 1.29 is 13.2 Å². The van der Waals surface area contributed by atoms with Crippen LogP contribution in [0, 0.1) is 0 Å². The quantitative estimate of drug-likeness (QED) is 0.705. The van der Waals surface area contributed by atoms with Crippen LogP contribution in [0.1, 0.15) is 27.2 Å². The molecule has 2 aromatic heterocycles. The molecule has 0 atom stereocenters. The van der Waals surface area contributed by atoms with Gasteiger partial charge in [-0.05, 0) is 35.3 Å². The van der Waals surface area contributed by atoms with Gasteiger partial charge in [0.05, 0.1) is 11.3 Å². The first-order chi connectivity index (χ1) is 13.1. The number of aryl methyl sites for hydroxylation is 1. The van der Waals surface area contributed by atoms with Gasteiger partial charge in [-0.25, -0.2) is 12.7 Å². The number of carbonyl (C=O) groups is 1. The predicted octanol–water partition coefficient (Wildman–Crippen LogP) is 0.321. The molecular formula is C15H20N6O3S3. The highest BCUT2D eigenvalue weighted by atomic mass is 32.2. The Hall–Kier alpha value is -1.50. The Kier molecular flexibility index (Phi) is 5.48. The molecule has 1 aliphatic heterocycles. The van der Waals surface area contributed by atoms with Gasteiger partial charge in [-0.3, -0.25) is 4.79 Å². The third-order valence-electron chi connectivity index (χ3n) is 4.70. The number of thioether (sulfide) groups is 1. The number of amides is 1. The lowest BCUT2D eigenvalue weighted by Crippen LogP contribution is -2.42. The molecule has 146 valence electrons. The van der Waals surface area contributed by atoms with Crippen molar-refractivity contribution in [1.29, 1.82) is 0 Å². The number of nitrogens with zero attached hydrogens (tertiary/aromatic N) is 5. The first-order valence-electron chi connectivity index (χ1n) is 8.78. The van der Waals surface area contributed by atoms with Crippen LogP contribution in [0.4, 0.5) is 0 Å². The molecule has 4 rings (SSSR count). The van der Waals surface area contributed by atoms with E-state index < -0.39 is 10.0 Å². The molecule has 2 aromatic rings. The first-order valence-corrected chi connectivity index (χ1v) is 12.4. The molecule has 0 bridgehead atoms. The van der Waals surface area contributed by atoms with E-state index in [2.05, 4.69) is 20.8 Å². The first kappa shape index (κ1) is 18.8. The average Bonchev–Trinajstić information content (AvgIpc) is 3.38. The van der Waals surface area contributed by atoms with Crippen LogP contribution in [0.5, 0.6) is 0 Å². The van der Waals surface area contributed by atoms with Crippen molar-refractivity contribution in [1.82, 2.24) is 29.8 Å². The monoisotopic (exact) mass is 428 g/mol. The Bertz CT molecular complexity index is 919. The van der Waals surface area contributed by atoms with E-state index >= 15 is 0 Å². The second kappa shape index (κ2) is 7.86. The van der Waals surface area contributed by atoms with Crippen molar-refractivity contribution in [2.45, 2.75) is 19.3 Å². The van der Waals surface area contributed by atoms with Gasteiger partial charge in [-0.15, -0.1) is 16.4 Å². The van der Waals surface area contributed by atoms with E-state index in [1.807, 2.05) is 0 Å². The maximum Gasteiger partial charge on any atom is 0.254 e. The summed E-state index contributed by atoms with van der Waals surface area (Å²) in [6, 6.07) is 0. The number of aromatic nitrogens is 4. The molecule has 0 aromatic carbocycles. The second-order valence-corrected chi connectivity index (χ2v) is 10.8. The predicted molar refractivity (Wildman–Crippen MR) is 104 cm³/mol. The van der Waals surface area contributed by atoms with Crippen molar-refractivity contribution in [2.75, 3.05) is 36.9 Å². The summed E-state index contributed by atoms with van der Waals surface area (Å²) < 4.78 is 27.9. The van der Waals surface area contributed by atoms with Gasteiger partial charge in [0.2, 0.25) is 10.0 Å². The zero-order valence-corrected chi connectivity index (χ0v) is 17.1. The minimum atomic E-state index is -3.34. The molecule has 2 aliphatic rings. The molecule has 1 fully saturated rings. The van der Waals surface area contributed by atoms with Crippen LogP contribution in [0.2, 0.25) is 0 Å². The van der Waals surface area contributed by atoms with Gasteiger partial charge in [0.25, 0.3) is 5.91 Å². The molecule has 3 heterocycles. The fourth-order valence-corrected chi connectivity index (χ4v) is 7.17. The molecule has 1 amide bonds. The largest absolute Gasteiger partial charge is 0.351 e. The Morgan fingerprint density at radius 1 is 1.26 bits per heavy atom. The lowest BCUT2D eigenvalue weighted by Gasteiger charge is -2.25. The van der Waals surface area contributed by atoms with E-state index in [1.54, 1.807) is 11.8 Å². The average molecular weight is 429 g/mol. The number of thiophene rings is 1. The lowest BCUT2D eigenvalue weighted by atomic mass is 10.1. The third kappa shape index (κ3) is 3.89. The molecular weight excluding hydrogens is 408 g/mol. The van der Waals surface area contributed by atoms with Gasteiger partial charge in [-0.1, -0.05) is 0 Å². The Labute approximate surface area is 165 Å². The smallest absolute Gasteiger partial charge is 0.254 e. The number of hydrogen-bond donors (Lipinski definition) is 1. The van der Waals surface area contributed by atoms with E-state index in [-0.39, 0.29) is 18.2 Å². The maximum atomic E-state index is 12.8. The SMILES string of the molecule is O=C(NCCS(=O)(=O)N1CCSCC1)c1c(-n2cnnn2)sc2c1CCC2. The third-order valence-corrected chi connectivity index (χ3v) is 8.79. The summed E-state index contributed by atoms with van der Waals surface area (Å²) in [5.41, 5.74) is 1.62. The van der Waals surface area contributed by atoms with Gasteiger partial charge < -0.3 is 5.32 Å². The normalized spacial score (nSPS) is 17.8. The number of carbonyl (C=O) groups excluding carboxylic acids is 1. The van der Waals surface area contributed by atoms with E-state index in [4.69, 9.17) is 0 Å². The minimum absolute atomic E-state index is 0.0874. The van der Waals surface area contributed by atoms with Crippen LogP contribution in [-0.4, -0.2) is 75.7 Å². The van der Waals surface area contributed by atoms with E-state index in [0.29, 0.717) is 23.7 Å². The standard InChI is InChI=1S/C15H20N6O3S3/c22-14(16-4-9-27(23,24)20-5-7-25-8-6-20)13-11-2-1-3-12(11)26-15(13)21-10-17-18-19-21/h10H,1-9H2,(H,16,22). The van der Waals surface area contributed by atoms with Crippen LogP contribution >= 0.6 is 23.1 Å². The zero-order valence-electron chi connectivity index (χ0n) is 14.6. The van der Waals surface area contributed by atoms with Crippen molar-refractivity contribution in [3.05, 3.63) is 22.3 Å². The summed E-state index contributed by atoms with van der Waals surface area (Å²) in [6.07, 6.45) is 4.29. The van der Waals surface area contributed by atoms with Crippen LogP contribution in [0.3, 0.4) is 0 Å². The fourth-order valence-electron chi connectivity index (χ4n) is 3.38. The van der Waals surface area contributed by atoms with Crippen molar-refractivity contribution >= 4 is 39.0 Å². The van der Waals surface area contributed by atoms with Crippen LogP contribution < -0.4 is 5.32 Å². The number of hydrogen-bond acceptors (Lipinski definition) is 8. The van der Waals surface area contributed by atoms with E-state index in [0.717, 1.165) is 36.3 Å². The van der Waals surface area contributed by atoms with Gasteiger partial charge in [0.15, 0.2) is 0 Å². The Morgan fingerprint density at radius 2 is 2.07 bits per heavy atom. The highest BCUT2D eigenvalue weighted by Gasteiger charge is 2.29. The van der Waals surface area contributed by atoms with Gasteiger partial charge in [0, 0.05) is 36.0 Å². The summed E-state index contributed by atoms with van der Waals surface area (Å²) >= 11 is 3.29. The summed E-state index contributed by atoms with van der Waals surface area (Å²) in [5.74, 6) is 1.30. The zero-order chi connectivity index (χ0) is 18.9. The maximum absolute atomic E-state index is 12.8. The van der Waals surface area contributed by atoms with Crippen molar-refractivity contribution in [2.24, 2.45) is 0 Å². The highest BCUT2D eigenvalue weighted by molar-refractivity contribution is 7.99. The van der Waals surface area contributed by atoms with Gasteiger partial charge in [-0.2, -0.15) is 16.4 Å². The van der Waals surface area contributed by atoms with Crippen LogP contribution in [0.25, 0.3) is 5.00 Å². The molecule has 0 saturated carbocycles. The topological polar surface area (TPSA) is 110 Å². The van der Waals surface area contributed by atoms with Crippen molar-refractivity contribution in [3.63, 3.8) is 0 Å². The molecule has 1 saturated heterocycles. The van der Waals surface area contributed by atoms with Gasteiger partial charge in [0.1, 0.15) is 11.3 Å². The summed E-state index contributed by atoms with van der Waals surface area (Å²) in [5, 5.41) is 14.7. The molecule has 0 radical (unpaired) electrons. The van der Waals surface area contributed by atoms with Crippen LogP contribution in [-0.2, 0) is 22.9 Å². The van der Waals surface area contributed by atoms with Crippen LogP contribution in [0.15, 0.2) is 6.33 Å². The summed E-state index contributed by atoms with van der Waals surface area (Å²) in [7, 11) is -3.34. The number of tetrazole rings is 1. The molecule has 1 aliphatic carbocycles. The second-order valence-electron chi connectivity index (χ2n) is 6.38. The lowest BCUT2D eigenvalue weighted by molar-refractivity contribution is 0.0955. The molecule has 12 heteroatoms. The number of nitrogens with one attached hydrogen (secondary N) is 1. The fraction of sp³-hybridized carbons (Fsp3) is 0.600. The number of fused-ring (bicyclic) bond motifs is 1. The number of sulfonamides is 1. The minimum Gasteiger partial charge on any atom is -0.351 e. The highest BCUT2D eigenvalue weighted by Crippen LogP contribution is 2.37. The van der Waals surface area contributed by atoms with Crippen molar-refractivity contribution in [3.8, 4) is 5.00 Å². The molecule has 1 N–H and O–H groups in total.